The molecule has 1 aliphatic rings. The van der Waals surface area contributed by atoms with Gasteiger partial charge in [0.2, 0.25) is 0 Å². The van der Waals surface area contributed by atoms with Crippen LogP contribution in [0.1, 0.15) is 36.3 Å². The van der Waals surface area contributed by atoms with Gasteiger partial charge in [-0.2, -0.15) is 0 Å². The number of nitrogens with zero attached hydrogens (tertiary/aromatic N) is 4. The van der Waals surface area contributed by atoms with Gasteiger partial charge in [0.1, 0.15) is 5.69 Å². The summed E-state index contributed by atoms with van der Waals surface area (Å²) in [4.78, 5) is 29.0. The number of carbonyl (C=O) groups excluding carboxylic acids is 1. The normalized spacial score (nSPS) is 17.1. The van der Waals surface area contributed by atoms with Crippen LogP contribution in [0.4, 0.5) is 0 Å². The lowest BCUT2D eigenvalue weighted by Crippen LogP contribution is -2.28. The first-order valence-corrected chi connectivity index (χ1v) is 6.21. The Morgan fingerprint density at radius 3 is 2.68 bits per heavy atom. The molecule has 0 radical (unpaired) electrons. The Hall–Kier alpha value is -2.17. The molecule has 0 saturated carbocycles. The molecule has 5 heteroatoms. The van der Waals surface area contributed by atoms with Crippen LogP contribution in [0.25, 0.3) is 11.5 Å². The molecule has 0 atom stereocenters. The number of ketones is 1. The highest BCUT2D eigenvalue weighted by molar-refractivity contribution is 5.98. The fourth-order valence-corrected chi connectivity index (χ4v) is 2.37. The maximum absolute atomic E-state index is 12.0. The van der Waals surface area contributed by atoms with Gasteiger partial charge in [-0.25, -0.2) is 15.0 Å². The van der Waals surface area contributed by atoms with Crippen LogP contribution in [0.3, 0.4) is 0 Å². The first-order valence-electron chi connectivity index (χ1n) is 6.21. The minimum Gasteiger partial charge on any atom is -0.294 e. The number of aromatic nitrogens is 4. The zero-order valence-corrected chi connectivity index (χ0v) is 10.9. The quantitative estimate of drug-likeness (QED) is 0.779. The molecule has 0 unspecified atom stereocenters. The Labute approximate surface area is 111 Å². The molecule has 0 aliphatic heterocycles. The van der Waals surface area contributed by atoms with Gasteiger partial charge in [-0.05, 0) is 11.8 Å². The topological polar surface area (TPSA) is 68.6 Å². The Kier molecular flexibility index (Phi) is 2.62. The Morgan fingerprint density at radius 1 is 1.11 bits per heavy atom. The fourth-order valence-electron chi connectivity index (χ4n) is 2.37. The largest absolute Gasteiger partial charge is 0.294 e. The van der Waals surface area contributed by atoms with Gasteiger partial charge in [-0.1, -0.05) is 13.8 Å². The van der Waals surface area contributed by atoms with Crippen molar-refractivity contribution >= 4 is 5.78 Å². The summed E-state index contributed by atoms with van der Waals surface area (Å²) >= 11 is 0. The van der Waals surface area contributed by atoms with E-state index in [1.165, 1.54) is 0 Å². The predicted octanol–water partition coefficient (Wildman–Crippen LogP) is 2.09. The number of carbonyl (C=O) groups is 1. The number of Topliss-reactive ketones (excluding diaryl/α,β-unsaturated/α-hetero) is 1. The first-order chi connectivity index (χ1) is 9.05. The molecule has 19 heavy (non-hydrogen) atoms. The standard InChI is InChI=1S/C14H14N4O/c1-14(2)5-10-9(12(19)6-14)7-17-13(18-10)11-8-15-3-4-16-11/h3-4,7-8H,5-6H2,1-2H3. The van der Waals surface area contributed by atoms with Gasteiger partial charge in [-0.15, -0.1) is 0 Å². The minimum absolute atomic E-state index is 0.0436. The van der Waals surface area contributed by atoms with E-state index in [1.54, 1.807) is 24.8 Å². The van der Waals surface area contributed by atoms with E-state index in [2.05, 4.69) is 33.8 Å². The molecule has 2 aromatic heterocycles. The fraction of sp³-hybridized carbons (Fsp3) is 0.357. The summed E-state index contributed by atoms with van der Waals surface area (Å²) in [6, 6.07) is 0. The molecule has 1 aliphatic carbocycles. The third kappa shape index (κ3) is 2.23. The van der Waals surface area contributed by atoms with Crippen LogP contribution in [0.15, 0.2) is 24.8 Å². The summed E-state index contributed by atoms with van der Waals surface area (Å²) in [7, 11) is 0. The molecule has 2 heterocycles. The van der Waals surface area contributed by atoms with E-state index < -0.39 is 0 Å². The predicted molar refractivity (Wildman–Crippen MR) is 69.5 cm³/mol. The lowest BCUT2D eigenvalue weighted by atomic mass is 9.76. The highest BCUT2D eigenvalue weighted by Gasteiger charge is 2.32. The summed E-state index contributed by atoms with van der Waals surface area (Å²) in [6.45, 7) is 4.16. The van der Waals surface area contributed by atoms with Crippen molar-refractivity contribution in [2.24, 2.45) is 5.41 Å². The van der Waals surface area contributed by atoms with Gasteiger partial charge >= 0.3 is 0 Å². The molecule has 0 spiro atoms. The van der Waals surface area contributed by atoms with Gasteiger partial charge < -0.3 is 0 Å². The van der Waals surface area contributed by atoms with E-state index in [4.69, 9.17) is 0 Å². The van der Waals surface area contributed by atoms with E-state index >= 15 is 0 Å². The number of hydrogen-bond donors (Lipinski definition) is 0. The van der Waals surface area contributed by atoms with Crippen LogP contribution in [-0.2, 0) is 6.42 Å². The second-order valence-electron chi connectivity index (χ2n) is 5.59. The highest BCUT2D eigenvalue weighted by atomic mass is 16.1. The van der Waals surface area contributed by atoms with Crippen molar-refractivity contribution in [2.75, 3.05) is 0 Å². The number of hydrogen-bond acceptors (Lipinski definition) is 5. The Balaban J connectivity index is 2.07. The summed E-state index contributed by atoms with van der Waals surface area (Å²) < 4.78 is 0. The van der Waals surface area contributed by atoms with Crippen molar-refractivity contribution in [2.45, 2.75) is 26.7 Å². The second-order valence-corrected chi connectivity index (χ2v) is 5.59. The van der Waals surface area contributed by atoms with E-state index in [0.29, 0.717) is 23.5 Å². The van der Waals surface area contributed by atoms with Gasteiger partial charge in [0.15, 0.2) is 11.6 Å². The first kappa shape index (κ1) is 11.9. The summed E-state index contributed by atoms with van der Waals surface area (Å²) in [6.07, 6.45) is 7.78. The third-order valence-electron chi connectivity index (χ3n) is 3.25. The molecule has 3 rings (SSSR count). The molecule has 0 bridgehead atoms. The molecule has 0 N–H and O–H groups in total. The monoisotopic (exact) mass is 254 g/mol. The minimum atomic E-state index is -0.0436. The molecule has 0 fully saturated rings. The van der Waals surface area contributed by atoms with Crippen molar-refractivity contribution < 1.29 is 4.79 Å². The van der Waals surface area contributed by atoms with E-state index in [1.807, 2.05) is 0 Å². The molecular weight excluding hydrogens is 240 g/mol. The van der Waals surface area contributed by atoms with E-state index in [9.17, 15) is 4.79 Å². The molecule has 0 saturated heterocycles. The average molecular weight is 254 g/mol. The highest BCUT2D eigenvalue weighted by Crippen LogP contribution is 2.33. The van der Waals surface area contributed by atoms with Crippen LogP contribution < -0.4 is 0 Å². The van der Waals surface area contributed by atoms with E-state index in [0.717, 1.165) is 12.1 Å². The van der Waals surface area contributed by atoms with Gasteiger partial charge in [0, 0.05) is 25.0 Å². The molecule has 0 amide bonds. The van der Waals surface area contributed by atoms with Crippen molar-refractivity contribution in [3.8, 4) is 11.5 Å². The molecular formula is C14H14N4O. The zero-order valence-electron chi connectivity index (χ0n) is 10.9. The number of rotatable bonds is 1. The van der Waals surface area contributed by atoms with Crippen LogP contribution in [-0.4, -0.2) is 25.7 Å². The van der Waals surface area contributed by atoms with Gasteiger partial charge in [0.25, 0.3) is 0 Å². The average Bonchev–Trinajstić information content (AvgIpc) is 2.37. The SMILES string of the molecule is CC1(C)CC(=O)c2cnc(-c3cnccn3)nc2C1. The third-order valence-corrected chi connectivity index (χ3v) is 3.25. The number of fused-ring (bicyclic) bond motifs is 1. The summed E-state index contributed by atoms with van der Waals surface area (Å²) in [5.41, 5.74) is 2.04. The lowest BCUT2D eigenvalue weighted by molar-refractivity contribution is 0.0910. The molecule has 96 valence electrons. The van der Waals surface area contributed by atoms with E-state index in [-0.39, 0.29) is 11.2 Å². The Morgan fingerprint density at radius 2 is 1.95 bits per heavy atom. The lowest BCUT2D eigenvalue weighted by Gasteiger charge is -2.29. The van der Waals surface area contributed by atoms with Crippen molar-refractivity contribution in [1.82, 2.24) is 19.9 Å². The molecule has 5 nitrogen and oxygen atoms in total. The van der Waals surface area contributed by atoms with Crippen LogP contribution in [0.2, 0.25) is 0 Å². The smallest absolute Gasteiger partial charge is 0.180 e. The maximum atomic E-state index is 12.0. The summed E-state index contributed by atoms with van der Waals surface area (Å²) in [5.74, 6) is 0.647. The van der Waals surface area contributed by atoms with Crippen molar-refractivity contribution in [3.05, 3.63) is 36.0 Å². The van der Waals surface area contributed by atoms with Crippen LogP contribution >= 0.6 is 0 Å². The Bertz CT molecular complexity index is 637. The second kappa shape index (κ2) is 4.19. The molecule has 0 aromatic carbocycles. The van der Waals surface area contributed by atoms with Crippen molar-refractivity contribution in [1.29, 1.82) is 0 Å². The zero-order chi connectivity index (χ0) is 13.5. The summed E-state index contributed by atoms with van der Waals surface area (Å²) in [5, 5.41) is 0. The van der Waals surface area contributed by atoms with Crippen LogP contribution in [0.5, 0.6) is 0 Å². The van der Waals surface area contributed by atoms with Gasteiger partial charge in [0.05, 0.1) is 17.5 Å². The molecule has 2 aromatic rings. The van der Waals surface area contributed by atoms with Gasteiger partial charge in [-0.3, -0.25) is 9.78 Å². The maximum Gasteiger partial charge on any atom is 0.180 e. The van der Waals surface area contributed by atoms with Crippen molar-refractivity contribution in [3.63, 3.8) is 0 Å². The van der Waals surface area contributed by atoms with Crippen LogP contribution in [0, 0.1) is 5.41 Å².